The van der Waals surface area contributed by atoms with E-state index in [1.54, 1.807) is 0 Å². The Kier molecular flexibility index (Phi) is 7.23. The van der Waals surface area contributed by atoms with Crippen molar-refractivity contribution in [2.45, 2.75) is 32.0 Å². The highest BCUT2D eigenvalue weighted by Crippen LogP contribution is 2.40. The predicted molar refractivity (Wildman–Crippen MR) is 108 cm³/mol. The summed E-state index contributed by atoms with van der Waals surface area (Å²) in [5, 5.41) is 10.8. The van der Waals surface area contributed by atoms with Crippen LogP contribution in [0, 0.1) is 10.1 Å². The SMILES string of the molecule is CCn1c(Oc2ccc([N+](=O)[O-])cc2)cc(C(F)(F)F)nc1=Nc1ccc(C(F)(F)F)cc1C(F)(F)F. The Morgan fingerprint density at radius 1 is 0.919 bits per heavy atom. The lowest BCUT2D eigenvalue weighted by Crippen LogP contribution is -2.28. The first-order valence-electron chi connectivity index (χ1n) is 9.95. The lowest BCUT2D eigenvalue weighted by molar-refractivity contribution is -0.384. The Bertz CT molecular complexity index is 1380. The normalized spacial score (nSPS) is 13.1. The van der Waals surface area contributed by atoms with Crippen molar-refractivity contribution in [1.82, 2.24) is 9.55 Å². The van der Waals surface area contributed by atoms with Gasteiger partial charge in [0.15, 0.2) is 5.69 Å². The van der Waals surface area contributed by atoms with E-state index in [1.165, 1.54) is 6.92 Å². The van der Waals surface area contributed by atoms with E-state index in [9.17, 15) is 49.6 Å². The summed E-state index contributed by atoms with van der Waals surface area (Å²) in [6, 6.07) is 5.02. The Morgan fingerprint density at radius 2 is 1.54 bits per heavy atom. The molecule has 198 valence electrons. The minimum atomic E-state index is -5.34. The summed E-state index contributed by atoms with van der Waals surface area (Å²) in [6.45, 7) is 1.13. The fraction of sp³-hybridized carbons (Fsp3) is 0.238. The summed E-state index contributed by atoms with van der Waals surface area (Å²) in [5.41, 5.74) is -7.51. The molecule has 3 rings (SSSR count). The third-order valence-electron chi connectivity index (χ3n) is 4.71. The molecule has 1 aromatic heterocycles. The molecule has 0 N–H and O–H groups in total. The molecule has 0 saturated carbocycles. The molecule has 7 nitrogen and oxygen atoms in total. The van der Waals surface area contributed by atoms with E-state index in [0.717, 1.165) is 28.8 Å². The van der Waals surface area contributed by atoms with Crippen LogP contribution < -0.4 is 10.4 Å². The second kappa shape index (κ2) is 9.74. The van der Waals surface area contributed by atoms with Crippen LogP contribution in [-0.4, -0.2) is 14.5 Å². The first-order valence-corrected chi connectivity index (χ1v) is 9.95. The highest BCUT2D eigenvalue weighted by molar-refractivity contribution is 5.50. The number of aromatic nitrogens is 2. The number of nitrogens with zero attached hydrogens (tertiary/aromatic N) is 4. The molecule has 1 heterocycles. The summed E-state index contributed by atoms with van der Waals surface area (Å²) >= 11 is 0. The van der Waals surface area contributed by atoms with Crippen molar-refractivity contribution in [2.75, 3.05) is 0 Å². The van der Waals surface area contributed by atoms with Crippen LogP contribution >= 0.6 is 0 Å². The molecule has 0 radical (unpaired) electrons. The Morgan fingerprint density at radius 3 is 2.03 bits per heavy atom. The second-order valence-corrected chi connectivity index (χ2v) is 7.21. The lowest BCUT2D eigenvalue weighted by Gasteiger charge is -2.17. The zero-order valence-electron chi connectivity index (χ0n) is 18.2. The van der Waals surface area contributed by atoms with E-state index < -0.39 is 57.5 Å². The Hall–Kier alpha value is -4.11. The van der Waals surface area contributed by atoms with Crippen LogP contribution in [0.4, 0.5) is 50.9 Å². The van der Waals surface area contributed by atoms with Crippen LogP contribution in [0.1, 0.15) is 23.7 Å². The number of halogens is 9. The molecule has 0 aliphatic carbocycles. The van der Waals surface area contributed by atoms with Crippen molar-refractivity contribution in [3.05, 3.63) is 81.1 Å². The van der Waals surface area contributed by atoms with Gasteiger partial charge in [0.25, 0.3) is 5.69 Å². The second-order valence-electron chi connectivity index (χ2n) is 7.21. The van der Waals surface area contributed by atoms with Gasteiger partial charge in [0.2, 0.25) is 11.5 Å². The maximum atomic E-state index is 13.5. The minimum absolute atomic E-state index is 0.163. The Balaban J connectivity index is 2.26. The van der Waals surface area contributed by atoms with E-state index in [0.29, 0.717) is 18.2 Å². The van der Waals surface area contributed by atoms with Gasteiger partial charge in [0.1, 0.15) is 5.75 Å². The van der Waals surface area contributed by atoms with Crippen molar-refractivity contribution in [2.24, 2.45) is 4.99 Å². The average Bonchev–Trinajstić information content (AvgIpc) is 2.77. The molecular weight excluding hydrogens is 527 g/mol. The quantitative estimate of drug-likeness (QED) is 0.201. The molecule has 0 fully saturated rings. The van der Waals surface area contributed by atoms with Crippen molar-refractivity contribution in [3.63, 3.8) is 0 Å². The number of rotatable bonds is 5. The summed E-state index contributed by atoms with van der Waals surface area (Å²) in [6.07, 6.45) is -15.6. The lowest BCUT2D eigenvalue weighted by atomic mass is 10.1. The largest absolute Gasteiger partial charge is 0.441 e. The van der Waals surface area contributed by atoms with Gasteiger partial charge in [0.05, 0.1) is 21.7 Å². The molecule has 0 atom stereocenters. The van der Waals surface area contributed by atoms with Crippen LogP contribution in [-0.2, 0) is 25.1 Å². The highest BCUT2D eigenvalue weighted by atomic mass is 19.4. The third-order valence-corrected chi connectivity index (χ3v) is 4.71. The molecule has 0 unspecified atom stereocenters. The molecule has 0 bridgehead atoms. The van der Waals surface area contributed by atoms with E-state index >= 15 is 0 Å². The van der Waals surface area contributed by atoms with Gasteiger partial charge in [-0.3, -0.25) is 14.7 Å². The first-order chi connectivity index (χ1) is 17.0. The molecule has 0 aliphatic rings. The van der Waals surface area contributed by atoms with Crippen molar-refractivity contribution >= 4 is 11.4 Å². The summed E-state index contributed by atoms with van der Waals surface area (Å²) < 4.78 is 126. The zero-order valence-corrected chi connectivity index (χ0v) is 18.2. The number of hydrogen-bond donors (Lipinski definition) is 0. The van der Waals surface area contributed by atoms with Gasteiger partial charge in [0, 0.05) is 24.7 Å². The van der Waals surface area contributed by atoms with E-state index in [2.05, 4.69) is 9.98 Å². The molecule has 0 spiro atoms. The molecular formula is C21H13F9N4O3. The standard InChI is InChI=1S/C21H13F9N4O3/c1-2-33-17(37-13-6-4-12(5-7-13)34(35)36)10-16(21(28,29)30)32-18(33)31-15-8-3-11(19(22,23)24)9-14(15)20(25,26)27/h3-10H,2H2,1H3. The maximum Gasteiger partial charge on any atom is 0.433 e. The van der Waals surface area contributed by atoms with Gasteiger partial charge in [-0.2, -0.15) is 39.5 Å². The molecule has 0 saturated heterocycles. The number of alkyl halides is 9. The summed E-state index contributed by atoms with van der Waals surface area (Å²) in [5.74, 6) is -0.763. The zero-order chi connectivity index (χ0) is 27.8. The predicted octanol–water partition coefficient (Wildman–Crippen LogP) is 6.89. The third kappa shape index (κ3) is 6.37. The average molecular weight is 540 g/mol. The summed E-state index contributed by atoms with van der Waals surface area (Å²) in [7, 11) is 0. The fourth-order valence-corrected chi connectivity index (χ4v) is 3.01. The van der Waals surface area contributed by atoms with Gasteiger partial charge in [-0.25, -0.2) is 9.98 Å². The number of nitro benzene ring substituents is 1. The minimum Gasteiger partial charge on any atom is -0.441 e. The van der Waals surface area contributed by atoms with Gasteiger partial charge in [-0.15, -0.1) is 0 Å². The van der Waals surface area contributed by atoms with E-state index in [1.807, 2.05) is 0 Å². The maximum absolute atomic E-state index is 13.5. The number of hydrogen-bond acceptors (Lipinski definition) is 5. The van der Waals surface area contributed by atoms with Gasteiger partial charge in [-0.05, 0) is 37.3 Å². The topological polar surface area (TPSA) is 82.5 Å². The number of nitro groups is 1. The van der Waals surface area contributed by atoms with Crippen molar-refractivity contribution in [1.29, 1.82) is 0 Å². The molecule has 3 aromatic rings. The molecule has 16 heteroatoms. The van der Waals surface area contributed by atoms with Crippen LogP contribution in [0.5, 0.6) is 11.6 Å². The number of non-ortho nitro benzene ring substituents is 1. The van der Waals surface area contributed by atoms with Crippen LogP contribution in [0.15, 0.2) is 53.5 Å². The fourth-order valence-electron chi connectivity index (χ4n) is 3.01. The smallest absolute Gasteiger partial charge is 0.433 e. The summed E-state index contributed by atoms with van der Waals surface area (Å²) in [4.78, 5) is 16.8. The highest BCUT2D eigenvalue weighted by Gasteiger charge is 2.39. The van der Waals surface area contributed by atoms with Gasteiger partial charge in [-0.1, -0.05) is 0 Å². The van der Waals surface area contributed by atoms with Crippen LogP contribution in [0.2, 0.25) is 0 Å². The van der Waals surface area contributed by atoms with E-state index in [4.69, 9.17) is 4.74 Å². The van der Waals surface area contributed by atoms with Crippen LogP contribution in [0.25, 0.3) is 0 Å². The number of ether oxygens (including phenoxy) is 1. The molecule has 0 aliphatic heterocycles. The van der Waals surface area contributed by atoms with Crippen LogP contribution in [0.3, 0.4) is 0 Å². The molecule has 2 aromatic carbocycles. The number of benzene rings is 2. The molecule has 37 heavy (non-hydrogen) atoms. The van der Waals surface area contributed by atoms with Crippen molar-refractivity contribution in [3.8, 4) is 11.6 Å². The van der Waals surface area contributed by atoms with Crippen molar-refractivity contribution < 1.29 is 49.2 Å². The first kappa shape index (κ1) is 27.5. The van der Waals surface area contributed by atoms with Gasteiger partial charge >= 0.3 is 18.5 Å². The Labute approximate surface area is 200 Å². The van der Waals surface area contributed by atoms with Gasteiger partial charge < -0.3 is 4.74 Å². The monoisotopic (exact) mass is 540 g/mol. The van der Waals surface area contributed by atoms with E-state index in [-0.39, 0.29) is 24.0 Å². The molecule has 0 amide bonds.